The van der Waals surface area contributed by atoms with Gasteiger partial charge >= 0.3 is 0 Å². The van der Waals surface area contributed by atoms with Gasteiger partial charge in [0.25, 0.3) is 5.91 Å². The van der Waals surface area contributed by atoms with E-state index in [4.69, 9.17) is 0 Å². The second kappa shape index (κ2) is 5.36. The Labute approximate surface area is 103 Å². The summed E-state index contributed by atoms with van der Waals surface area (Å²) >= 11 is 0. The molecule has 1 unspecified atom stereocenters. The number of carbonyl (C=O) groups is 1. The minimum absolute atomic E-state index is 0.129. The second-order valence-electron chi connectivity index (χ2n) is 4.76. The van der Waals surface area contributed by atoms with E-state index in [-0.39, 0.29) is 5.91 Å². The maximum Gasteiger partial charge on any atom is 0.270 e. The van der Waals surface area contributed by atoms with Crippen molar-refractivity contribution in [2.24, 2.45) is 7.05 Å². The number of rotatable bonds is 2. The van der Waals surface area contributed by atoms with Crippen LogP contribution in [0.2, 0.25) is 0 Å². The van der Waals surface area contributed by atoms with Crippen molar-refractivity contribution in [3.8, 4) is 0 Å². The number of amides is 1. The van der Waals surface area contributed by atoms with Crippen LogP contribution in [0.25, 0.3) is 0 Å². The first-order valence-electron chi connectivity index (χ1n) is 6.29. The summed E-state index contributed by atoms with van der Waals surface area (Å²) in [6, 6.07) is 4.16. The average Bonchev–Trinajstić information content (AvgIpc) is 2.60. The van der Waals surface area contributed by atoms with Gasteiger partial charge in [0.1, 0.15) is 5.69 Å². The number of nitrogens with one attached hydrogen (secondary N) is 1. The van der Waals surface area contributed by atoms with Crippen molar-refractivity contribution in [2.75, 3.05) is 20.1 Å². The first-order valence-corrected chi connectivity index (χ1v) is 6.29. The fraction of sp³-hybridized carbons (Fsp3) is 0.615. The van der Waals surface area contributed by atoms with Crippen LogP contribution in [0.3, 0.4) is 0 Å². The van der Waals surface area contributed by atoms with Crippen molar-refractivity contribution < 1.29 is 4.79 Å². The Balaban J connectivity index is 2.06. The van der Waals surface area contributed by atoms with Gasteiger partial charge in [0, 0.05) is 26.3 Å². The van der Waals surface area contributed by atoms with E-state index in [2.05, 4.69) is 5.32 Å². The van der Waals surface area contributed by atoms with Gasteiger partial charge in [-0.1, -0.05) is 0 Å². The minimum atomic E-state index is 0.129. The van der Waals surface area contributed by atoms with E-state index in [0.717, 1.165) is 38.0 Å². The van der Waals surface area contributed by atoms with Gasteiger partial charge < -0.3 is 14.8 Å². The molecule has 1 aliphatic rings. The summed E-state index contributed by atoms with van der Waals surface area (Å²) in [7, 11) is 3.83. The van der Waals surface area contributed by atoms with E-state index in [1.54, 1.807) is 0 Å². The molecule has 4 heteroatoms. The van der Waals surface area contributed by atoms with Crippen LogP contribution in [0, 0.1) is 0 Å². The minimum Gasteiger partial charge on any atom is -0.347 e. The summed E-state index contributed by atoms with van der Waals surface area (Å²) < 4.78 is 1.88. The van der Waals surface area contributed by atoms with Crippen LogP contribution >= 0.6 is 0 Å². The molecule has 1 amide bonds. The predicted molar refractivity (Wildman–Crippen MR) is 68.0 cm³/mol. The zero-order valence-electron chi connectivity index (χ0n) is 10.6. The first kappa shape index (κ1) is 12.2. The van der Waals surface area contributed by atoms with Gasteiger partial charge in [0.2, 0.25) is 0 Å². The standard InChI is InChI=1S/C13H21N3O/c1-15-10-4-6-12(15)13(17)16(2)11-5-3-8-14-9-7-11/h4,6,10-11,14H,3,5,7-9H2,1-2H3. The number of aromatic nitrogens is 1. The van der Waals surface area contributed by atoms with Crippen LogP contribution < -0.4 is 5.32 Å². The zero-order chi connectivity index (χ0) is 12.3. The third kappa shape index (κ3) is 2.69. The highest BCUT2D eigenvalue weighted by Crippen LogP contribution is 2.15. The highest BCUT2D eigenvalue weighted by atomic mass is 16.2. The Bertz CT molecular complexity index is 378. The topological polar surface area (TPSA) is 37.3 Å². The molecule has 1 saturated heterocycles. The van der Waals surface area contributed by atoms with Crippen molar-refractivity contribution in [2.45, 2.75) is 25.3 Å². The fourth-order valence-electron chi connectivity index (χ4n) is 2.42. The van der Waals surface area contributed by atoms with Crippen LogP contribution in [0.1, 0.15) is 29.8 Å². The molecule has 2 rings (SSSR count). The fourth-order valence-corrected chi connectivity index (χ4v) is 2.42. The number of hydrogen-bond donors (Lipinski definition) is 1. The molecule has 0 saturated carbocycles. The lowest BCUT2D eigenvalue weighted by Crippen LogP contribution is -2.38. The normalized spacial score (nSPS) is 20.9. The molecule has 1 aromatic heterocycles. The lowest BCUT2D eigenvalue weighted by molar-refractivity contribution is 0.0711. The molecule has 1 fully saturated rings. The van der Waals surface area contributed by atoms with E-state index >= 15 is 0 Å². The summed E-state index contributed by atoms with van der Waals surface area (Å²) in [6.45, 7) is 2.08. The molecular formula is C13H21N3O. The smallest absolute Gasteiger partial charge is 0.270 e. The highest BCUT2D eigenvalue weighted by molar-refractivity contribution is 5.92. The van der Waals surface area contributed by atoms with E-state index < -0.39 is 0 Å². The number of nitrogens with zero attached hydrogens (tertiary/aromatic N) is 2. The molecule has 1 aromatic rings. The van der Waals surface area contributed by atoms with Crippen LogP contribution in [0.15, 0.2) is 18.3 Å². The summed E-state index contributed by atoms with van der Waals surface area (Å²) in [5.41, 5.74) is 0.768. The molecule has 0 spiro atoms. The molecule has 1 N–H and O–H groups in total. The van der Waals surface area contributed by atoms with Gasteiger partial charge in [0.15, 0.2) is 0 Å². The third-order valence-corrected chi connectivity index (χ3v) is 3.58. The summed E-state index contributed by atoms with van der Waals surface area (Å²) in [4.78, 5) is 14.2. The van der Waals surface area contributed by atoms with Gasteiger partial charge in [-0.05, 0) is 44.5 Å². The Morgan fingerprint density at radius 3 is 3.00 bits per heavy atom. The quantitative estimate of drug-likeness (QED) is 0.837. The van der Waals surface area contributed by atoms with Crippen LogP contribution in [0.4, 0.5) is 0 Å². The summed E-state index contributed by atoms with van der Waals surface area (Å²) in [5, 5.41) is 3.37. The van der Waals surface area contributed by atoms with Crippen molar-refractivity contribution in [1.82, 2.24) is 14.8 Å². The van der Waals surface area contributed by atoms with E-state index in [0.29, 0.717) is 6.04 Å². The van der Waals surface area contributed by atoms with Crippen LogP contribution in [-0.4, -0.2) is 41.6 Å². The third-order valence-electron chi connectivity index (χ3n) is 3.58. The maximum absolute atomic E-state index is 12.3. The molecule has 1 aliphatic heterocycles. The number of hydrogen-bond acceptors (Lipinski definition) is 2. The van der Waals surface area contributed by atoms with Crippen molar-refractivity contribution in [3.63, 3.8) is 0 Å². The average molecular weight is 235 g/mol. The molecule has 0 radical (unpaired) electrons. The monoisotopic (exact) mass is 235 g/mol. The van der Waals surface area contributed by atoms with E-state index in [9.17, 15) is 4.79 Å². The lowest BCUT2D eigenvalue weighted by Gasteiger charge is -2.27. The molecular weight excluding hydrogens is 214 g/mol. The largest absolute Gasteiger partial charge is 0.347 e. The van der Waals surface area contributed by atoms with Gasteiger partial charge in [-0.3, -0.25) is 4.79 Å². The second-order valence-corrected chi connectivity index (χ2v) is 4.76. The number of aryl methyl sites for hydroxylation is 1. The van der Waals surface area contributed by atoms with Crippen molar-refractivity contribution in [1.29, 1.82) is 0 Å². The summed E-state index contributed by atoms with van der Waals surface area (Å²) in [6.07, 6.45) is 5.21. The Morgan fingerprint density at radius 2 is 2.29 bits per heavy atom. The predicted octanol–water partition coefficient (Wildman–Crippen LogP) is 1.24. The van der Waals surface area contributed by atoms with Gasteiger partial charge in [0.05, 0.1) is 0 Å². The lowest BCUT2D eigenvalue weighted by atomic mass is 10.1. The molecule has 0 bridgehead atoms. The van der Waals surface area contributed by atoms with Crippen molar-refractivity contribution >= 4 is 5.91 Å². The zero-order valence-corrected chi connectivity index (χ0v) is 10.6. The van der Waals surface area contributed by atoms with Crippen LogP contribution in [0.5, 0.6) is 0 Å². The highest BCUT2D eigenvalue weighted by Gasteiger charge is 2.23. The molecule has 1 atom stereocenters. The SMILES string of the molecule is CN(C(=O)c1cccn1C)C1CCCNCC1. The molecule has 94 valence electrons. The Kier molecular flexibility index (Phi) is 3.84. The maximum atomic E-state index is 12.3. The molecule has 17 heavy (non-hydrogen) atoms. The van der Waals surface area contributed by atoms with E-state index in [1.165, 1.54) is 0 Å². The Morgan fingerprint density at radius 1 is 1.47 bits per heavy atom. The first-order chi connectivity index (χ1) is 8.20. The summed E-state index contributed by atoms with van der Waals surface area (Å²) in [5.74, 6) is 0.129. The van der Waals surface area contributed by atoms with Gasteiger partial charge in [-0.2, -0.15) is 0 Å². The van der Waals surface area contributed by atoms with Crippen molar-refractivity contribution in [3.05, 3.63) is 24.0 Å². The number of carbonyl (C=O) groups excluding carboxylic acids is 1. The Hall–Kier alpha value is -1.29. The van der Waals surface area contributed by atoms with Crippen LogP contribution in [-0.2, 0) is 7.05 Å². The molecule has 2 heterocycles. The molecule has 4 nitrogen and oxygen atoms in total. The van der Waals surface area contributed by atoms with Gasteiger partial charge in [-0.15, -0.1) is 0 Å². The molecule has 0 aromatic carbocycles. The van der Waals surface area contributed by atoms with E-state index in [1.807, 2.05) is 41.9 Å². The molecule has 0 aliphatic carbocycles. The van der Waals surface area contributed by atoms with Gasteiger partial charge in [-0.25, -0.2) is 0 Å².